The monoisotopic (exact) mass is 280 g/mol. The molecule has 1 aliphatic heterocycles. The minimum Gasteiger partial charge on any atom is -0.396 e. The minimum atomic E-state index is 0.137. The smallest absolute Gasteiger partial charge is 0.0471 e. The number of aliphatic hydroxyl groups excluding tert-OH is 1. The second kappa shape index (κ2) is 4.93. The number of piperidine rings is 1. The van der Waals surface area contributed by atoms with Crippen molar-refractivity contribution in [3.05, 3.63) is 66.0 Å². The molecule has 1 aromatic carbocycles. The van der Waals surface area contributed by atoms with Crippen LogP contribution in [0.2, 0.25) is 0 Å². The van der Waals surface area contributed by atoms with E-state index in [-0.39, 0.29) is 5.41 Å². The lowest BCUT2D eigenvalue weighted by molar-refractivity contribution is 0.210. The first kappa shape index (κ1) is 13.0. The van der Waals surface area contributed by atoms with Gasteiger partial charge in [0.1, 0.15) is 0 Å². The van der Waals surface area contributed by atoms with Gasteiger partial charge in [-0.1, -0.05) is 36.4 Å². The molecule has 0 radical (unpaired) electrons. The molecule has 2 heterocycles. The average Bonchev–Trinajstić information content (AvgIpc) is 2.99. The van der Waals surface area contributed by atoms with Crippen molar-refractivity contribution in [2.45, 2.75) is 12.0 Å². The number of rotatable bonds is 4. The Morgan fingerprint density at radius 1 is 1.19 bits per heavy atom. The number of aromatic nitrogens is 1. The minimum absolute atomic E-state index is 0.137. The van der Waals surface area contributed by atoms with Crippen molar-refractivity contribution in [2.24, 2.45) is 11.8 Å². The van der Waals surface area contributed by atoms with Crippen molar-refractivity contribution in [3.8, 4) is 0 Å². The van der Waals surface area contributed by atoms with E-state index in [1.807, 2.05) is 18.5 Å². The number of nitrogens with zero attached hydrogens (tertiary/aromatic N) is 2. The molecule has 4 rings (SSSR count). The lowest BCUT2D eigenvalue weighted by Gasteiger charge is -2.23. The Hall–Kier alpha value is -1.71. The zero-order valence-electron chi connectivity index (χ0n) is 12.0. The third-order valence-corrected chi connectivity index (χ3v) is 5.28. The first-order valence-electron chi connectivity index (χ1n) is 7.62. The zero-order valence-corrected chi connectivity index (χ0v) is 12.0. The van der Waals surface area contributed by atoms with Crippen LogP contribution in [-0.4, -0.2) is 34.7 Å². The molecule has 1 N–H and O–H groups in total. The molecule has 3 unspecified atom stereocenters. The van der Waals surface area contributed by atoms with Crippen LogP contribution in [0.1, 0.15) is 11.1 Å². The molecule has 3 atom stereocenters. The lowest BCUT2D eigenvalue weighted by atomic mass is 9.94. The Kier molecular flexibility index (Phi) is 3.05. The molecule has 1 saturated carbocycles. The number of aliphatic hydroxyl groups is 1. The SMILES string of the molecule is OCC1C2CN(Cc3ccccc3)CC12c1cccnc1. The molecule has 3 nitrogen and oxygen atoms in total. The fourth-order valence-electron chi connectivity index (χ4n) is 4.25. The summed E-state index contributed by atoms with van der Waals surface area (Å²) < 4.78 is 0. The van der Waals surface area contributed by atoms with Crippen LogP contribution in [0, 0.1) is 11.8 Å². The van der Waals surface area contributed by atoms with Gasteiger partial charge < -0.3 is 5.11 Å². The topological polar surface area (TPSA) is 36.4 Å². The molecular weight excluding hydrogens is 260 g/mol. The van der Waals surface area contributed by atoms with Gasteiger partial charge >= 0.3 is 0 Å². The van der Waals surface area contributed by atoms with E-state index < -0.39 is 0 Å². The van der Waals surface area contributed by atoms with Crippen molar-refractivity contribution >= 4 is 0 Å². The average molecular weight is 280 g/mol. The molecule has 0 spiro atoms. The largest absolute Gasteiger partial charge is 0.396 e. The van der Waals surface area contributed by atoms with Gasteiger partial charge in [0, 0.05) is 44.0 Å². The molecule has 2 aromatic rings. The Morgan fingerprint density at radius 2 is 2.05 bits per heavy atom. The molecule has 3 heteroatoms. The number of fused-ring (bicyclic) bond motifs is 1. The summed E-state index contributed by atoms with van der Waals surface area (Å²) in [7, 11) is 0. The van der Waals surface area contributed by atoms with Crippen LogP contribution in [0.15, 0.2) is 54.9 Å². The van der Waals surface area contributed by atoms with Crippen LogP contribution >= 0.6 is 0 Å². The van der Waals surface area contributed by atoms with Crippen molar-refractivity contribution in [1.29, 1.82) is 0 Å². The second-order valence-electron chi connectivity index (χ2n) is 6.33. The molecule has 1 aromatic heterocycles. The summed E-state index contributed by atoms with van der Waals surface area (Å²) in [4.78, 5) is 6.79. The van der Waals surface area contributed by atoms with E-state index in [4.69, 9.17) is 0 Å². The second-order valence-corrected chi connectivity index (χ2v) is 6.33. The maximum absolute atomic E-state index is 9.68. The van der Waals surface area contributed by atoms with Crippen molar-refractivity contribution < 1.29 is 5.11 Å². The van der Waals surface area contributed by atoms with Gasteiger partial charge in [-0.2, -0.15) is 0 Å². The van der Waals surface area contributed by atoms with Crippen molar-refractivity contribution in [2.75, 3.05) is 19.7 Å². The molecule has 1 saturated heterocycles. The van der Waals surface area contributed by atoms with E-state index in [2.05, 4.69) is 46.3 Å². The maximum Gasteiger partial charge on any atom is 0.0471 e. The summed E-state index contributed by atoms with van der Waals surface area (Å²) in [6.45, 7) is 3.40. The number of pyridine rings is 1. The third kappa shape index (κ3) is 2.00. The summed E-state index contributed by atoms with van der Waals surface area (Å²) in [5.74, 6) is 0.990. The molecule has 21 heavy (non-hydrogen) atoms. The number of hydrogen-bond acceptors (Lipinski definition) is 3. The van der Waals surface area contributed by atoms with Gasteiger partial charge in [-0.3, -0.25) is 9.88 Å². The van der Waals surface area contributed by atoms with Gasteiger partial charge in [0.2, 0.25) is 0 Å². The Morgan fingerprint density at radius 3 is 2.76 bits per heavy atom. The number of likely N-dealkylation sites (tertiary alicyclic amines) is 1. The Labute approximate surface area is 125 Å². The Balaban J connectivity index is 1.55. The predicted octanol–water partition coefficient (Wildman–Crippen LogP) is 2.07. The maximum atomic E-state index is 9.68. The highest BCUT2D eigenvalue weighted by molar-refractivity contribution is 5.38. The Bertz CT molecular complexity index is 616. The fourth-order valence-corrected chi connectivity index (χ4v) is 4.25. The van der Waals surface area contributed by atoms with Gasteiger partial charge in [-0.25, -0.2) is 0 Å². The van der Waals surface area contributed by atoms with Crippen LogP contribution in [-0.2, 0) is 12.0 Å². The number of hydrogen-bond donors (Lipinski definition) is 1. The van der Waals surface area contributed by atoms with Crippen LogP contribution < -0.4 is 0 Å². The number of benzene rings is 1. The molecule has 0 bridgehead atoms. The van der Waals surface area contributed by atoms with Gasteiger partial charge in [-0.05, 0) is 29.0 Å². The first-order chi connectivity index (χ1) is 10.3. The van der Waals surface area contributed by atoms with E-state index in [1.165, 1.54) is 11.1 Å². The normalized spacial score (nSPS) is 31.1. The quantitative estimate of drug-likeness (QED) is 0.931. The van der Waals surface area contributed by atoms with Crippen LogP contribution in [0.25, 0.3) is 0 Å². The summed E-state index contributed by atoms with van der Waals surface area (Å²) >= 11 is 0. The lowest BCUT2D eigenvalue weighted by Crippen LogP contribution is -2.29. The van der Waals surface area contributed by atoms with E-state index >= 15 is 0 Å². The van der Waals surface area contributed by atoms with Crippen molar-refractivity contribution in [3.63, 3.8) is 0 Å². The van der Waals surface area contributed by atoms with Gasteiger partial charge in [-0.15, -0.1) is 0 Å². The molecule has 0 amide bonds. The summed E-state index contributed by atoms with van der Waals surface area (Å²) in [5.41, 5.74) is 2.79. The van der Waals surface area contributed by atoms with Crippen LogP contribution in [0.3, 0.4) is 0 Å². The van der Waals surface area contributed by atoms with Gasteiger partial charge in [0.15, 0.2) is 0 Å². The molecule has 1 aliphatic carbocycles. The summed E-state index contributed by atoms with van der Waals surface area (Å²) in [6, 6.07) is 14.8. The highest BCUT2D eigenvalue weighted by Crippen LogP contribution is 2.63. The highest BCUT2D eigenvalue weighted by Gasteiger charge is 2.69. The van der Waals surface area contributed by atoms with Crippen LogP contribution in [0.5, 0.6) is 0 Å². The van der Waals surface area contributed by atoms with E-state index in [0.29, 0.717) is 18.4 Å². The van der Waals surface area contributed by atoms with Gasteiger partial charge in [0.05, 0.1) is 0 Å². The van der Waals surface area contributed by atoms with E-state index in [1.54, 1.807) is 0 Å². The summed E-state index contributed by atoms with van der Waals surface area (Å²) in [5, 5.41) is 9.68. The first-order valence-corrected chi connectivity index (χ1v) is 7.62. The predicted molar refractivity (Wildman–Crippen MR) is 81.7 cm³/mol. The fraction of sp³-hybridized carbons (Fsp3) is 0.389. The van der Waals surface area contributed by atoms with E-state index in [0.717, 1.165) is 19.6 Å². The van der Waals surface area contributed by atoms with Gasteiger partial charge in [0.25, 0.3) is 0 Å². The molecule has 2 aliphatic rings. The molecule has 2 fully saturated rings. The standard InChI is InChI=1S/C18H20N2O/c21-12-17-16-11-20(10-14-5-2-1-3-6-14)13-18(16,17)15-7-4-8-19-9-15/h1-9,16-17,21H,10-13H2. The molecular formula is C18H20N2O. The highest BCUT2D eigenvalue weighted by atomic mass is 16.3. The summed E-state index contributed by atoms with van der Waals surface area (Å²) in [6.07, 6.45) is 3.80. The van der Waals surface area contributed by atoms with E-state index in [9.17, 15) is 5.11 Å². The zero-order chi connectivity index (χ0) is 14.3. The molecule has 108 valence electrons. The third-order valence-electron chi connectivity index (χ3n) is 5.28. The van der Waals surface area contributed by atoms with Crippen molar-refractivity contribution in [1.82, 2.24) is 9.88 Å². The van der Waals surface area contributed by atoms with Crippen LogP contribution in [0.4, 0.5) is 0 Å².